The quantitative estimate of drug-likeness (QED) is 0.792. The first-order valence-electron chi connectivity index (χ1n) is 9.32. The smallest absolute Gasteiger partial charge is 0.274 e. The minimum absolute atomic E-state index is 0.0184. The molecular weight excluding hydrogens is 363 g/mol. The van der Waals surface area contributed by atoms with Gasteiger partial charge in [0, 0.05) is 31.2 Å². The number of halogens is 1. The number of ether oxygens (including phenoxy) is 1. The van der Waals surface area contributed by atoms with Crippen LogP contribution < -0.4 is 4.90 Å². The average molecular weight is 384 g/mol. The van der Waals surface area contributed by atoms with Crippen LogP contribution in [0.25, 0.3) is 0 Å². The number of nitrogens with zero attached hydrogens (tertiary/aromatic N) is 4. The Labute approximate surface area is 162 Å². The van der Waals surface area contributed by atoms with E-state index >= 15 is 0 Å². The van der Waals surface area contributed by atoms with Crippen molar-refractivity contribution in [3.8, 4) is 0 Å². The summed E-state index contributed by atoms with van der Waals surface area (Å²) in [6.45, 7) is 1.49. The molecule has 0 aliphatic carbocycles. The molecule has 2 aliphatic rings. The Morgan fingerprint density at radius 2 is 1.96 bits per heavy atom. The molecule has 4 rings (SSSR count). The van der Waals surface area contributed by atoms with Crippen LogP contribution in [0, 0.1) is 5.82 Å². The number of amides is 2. The molecular formula is C20H21FN4O3. The molecule has 2 aliphatic heterocycles. The van der Waals surface area contributed by atoms with Crippen molar-refractivity contribution in [1.29, 1.82) is 0 Å². The maximum atomic E-state index is 13.2. The van der Waals surface area contributed by atoms with Gasteiger partial charge in [0.05, 0.1) is 18.3 Å². The summed E-state index contributed by atoms with van der Waals surface area (Å²) in [6, 6.07) is 5.90. The third-order valence-corrected chi connectivity index (χ3v) is 5.35. The lowest BCUT2D eigenvalue weighted by Crippen LogP contribution is -2.55. The molecule has 1 aromatic carbocycles. The Balaban J connectivity index is 1.48. The van der Waals surface area contributed by atoms with Crippen LogP contribution in [-0.4, -0.2) is 58.5 Å². The fourth-order valence-corrected chi connectivity index (χ4v) is 3.82. The van der Waals surface area contributed by atoms with Crippen molar-refractivity contribution in [1.82, 2.24) is 14.9 Å². The lowest BCUT2D eigenvalue weighted by molar-refractivity contribution is -0.140. The number of carbonyl (C=O) groups is 2. The maximum absolute atomic E-state index is 13.2. The fraction of sp³-hybridized carbons (Fsp3) is 0.400. The molecule has 2 saturated heterocycles. The molecule has 1 atom stereocenters. The Bertz CT molecular complexity index is 862. The Kier molecular flexibility index (Phi) is 5.04. The van der Waals surface area contributed by atoms with Gasteiger partial charge in [-0.3, -0.25) is 14.6 Å². The highest BCUT2D eigenvalue weighted by atomic mass is 19.1. The van der Waals surface area contributed by atoms with Crippen molar-refractivity contribution in [2.75, 3.05) is 31.1 Å². The van der Waals surface area contributed by atoms with E-state index in [2.05, 4.69) is 9.97 Å². The molecule has 1 spiro atoms. The Morgan fingerprint density at radius 3 is 2.71 bits per heavy atom. The Hall–Kier alpha value is -2.87. The number of rotatable bonds is 2. The van der Waals surface area contributed by atoms with Crippen molar-refractivity contribution >= 4 is 17.5 Å². The van der Waals surface area contributed by atoms with Gasteiger partial charge in [-0.15, -0.1) is 0 Å². The van der Waals surface area contributed by atoms with Crippen LogP contribution in [-0.2, 0) is 9.53 Å². The van der Waals surface area contributed by atoms with Gasteiger partial charge in [-0.1, -0.05) is 0 Å². The van der Waals surface area contributed by atoms with Crippen molar-refractivity contribution in [3.05, 3.63) is 54.4 Å². The molecule has 1 aromatic heterocycles. The van der Waals surface area contributed by atoms with E-state index in [-0.39, 0.29) is 24.2 Å². The molecule has 8 heteroatoms. The third kappa shape index (κ3) is 3.73. The van der Waals surface area contributed by atoms with E-state index < -0.39 is 5.60 Å². The van der Waals surface area contributed by atoms with E-state index in [0.717, 1.165) is 12.8 Å². The summed E-state index contributed by atoms with van der Waals surface area (Å²) in [6.07, 6.45) is 6.62. The van der Waals surface area contributed by atoms with Gasteiger partial charge in [-0.25, -0.2) is 9.37 Å². The minimum Gasteiger partial charge on any atom is -0.363 e. The predicted octanol–water partition coefficient (Wildman–Crippen LogP) is 2.04. The minimum atomic E-state index is -0.514. The van der Waals surface area contributed by atoms with Gasteiger partial charge in [0.25, 0.3) is 11.8 Å². The van der Waals surface area contributed by atoms with Crippen LogP contribution in [0.4, 0.5) is 10.1 Å². The molecule has 146 valence electrons. The number of aromatic nitrogens is 2. The molecule has 2 amide bonds. The second kappa shape index (κ2) is 7.63. The molecule has 28 heavy (non-hydrogen) atoms. The molecule has 0 saturated carbocycles. The number of benzene rings is 1. The van der Waals surface area contributed by atoms with Gasteiger partial charge in [-0.05, 0) is 43.5 Å². The van der Waals surface area contributed by atoms with E-state index in [1.165, 1.54) is 30.7 Å². The predicted molar refractivity (Wildman–Crippen MR) is 99.2 cm³/mol. The summed E-state index contributed by atoms with van der Waals surface area (Å²) in [5, 5.41) is 0. The Morgan fingerprint density at radius 1 is 1.14 bits per heavy atom. The zero-order valence-electron chi connectivity index (χ0n) is 15.4. The summed E-state index contributed by atoms with van der Waals surface area (Å²) < 4.78 is 19.2. The number of morpholine rings is 1. The van der Waals surface area contributed by atoms with E-state index in [4.69, 9.17) is 4.74 Å². The van der Waals surface area contributed by atoms with Gasteiger partial charge in [0.2, 0.25) is 0 Å². The van der Waals surface area contributed by atoms with Crippen LogP contribution in [0.15, 0.2) is 42.9 Å². The van der Waals surface area contributed by atoms with Crippen LogP contribution >= 0.6 is 0 Å². The van der Waals surface area contributed by atoms with Crippen LogP contribution in [0.3, 0.4) is 0 Å². The molecule has 2 aromatic rings. The van der Waals surface area contributed by atoms with Crippen molar-refractivity contribution in [2.24, 2.45) is 0 Å². The second-order valence-corrected chi connectivity index (χ2v) is 7.16. The monoisotopic (exact) mass is 384 g/mol. The number of hydrogen-bond acceptors (Lipinski definition) is 5. The van der Waals surface area contributed by atoms with Crippen molar-refractivity contribution < 1.29 is 18.7 Å². The van der Waals surface area contributed by atoms with Crippen molar-refractivity contribution in [3.63, 3.8) is 0 Å². The summed E-state index contributed by atoms with van der Waals surface area (Å²) in [5.74, 6) is -0.631. The number of anilines is 1. The maximum Gasteiger partial charge on any atom is 0.274 e. The topological polar surface area (TPSA) is 75.6 Å². The summed E-state index contributed by atoms with van der Waals surface area (Å²) in [5.41, 5.74) is 0.469. The molecule has 7 nitrogen and oxygen atoms in total. The average Bonchev–Trinajstić information content (AvgIpc) is 2.93. The van der Waals surface area contributed by atoms with E-state index in [0.29, 0.717) is 37.4 Å². The first-order valence-corrected chi connectivity index (χ1v) is 9.32. The van der Waals surface area contributed by atoms with Crippen LogP contribution in [0.1, 0.15) is 29.8 Å². The molecule has 1 unspecified atom stereocenters. The SMILES string of the molecule is O=C(c1cnccn1)N1CCCC2(CC1)CN(c1ccc(F)cc1)C(=O)CO2. The van der Waals surface area contributed by atoms with Gasteiger partial charge in [0.15, 0.2) is 0 Å². The van der Waals surface area contributed by atoms with Crippen LogP contribution in [0.5, 0.6) is 0 Å². The van der Waals surface area contributed by atoms with E-state index in [1.807, 2.05) is 0 Å². The van der Waals surface area contributed by atoms with Gasteiger partial charge in [-0.2, -0.15) is 0 Å². The zero-order valence-corrected chi connectivity index (χ0v) is 15.4. The molecule has 0 N–H and O–H groups in total. The molecule has 0 radical (unpaired) electrons. The lowest BCUT2D eigenvalue weighted by atomic mass is 9.92. The number of hydrogen-bond donors (Lipinski definition) is 0. The summed E-state index contributed by atoms with van der Waals surface area (Å²) in [7, 11) is 0. The van der Waals surface area contributed by atoms with Gasteiger partial charge < -0.3 is 14.5 Å². The second-order valence-electron chi connectivity index (χ2n) is 7.16. The fourth-order valence-electron chi connectivity index (χ4n) is 3.82. The van der Waals surface area contributed by atoms with E-state index in [1.54, 1.807) is 21.9 Å². The zero-order chi connectivity index (χ0) is 19.6. The molecule has 3 heterocycles. The largest absolute Gasteiger partial charge is 0.363 e. The third-order valence-electron chi connectivity index (χ3n) is 5.35. The van der Waals surface area contributed by atoms with Gasteiger partial charge in [0.1, 0.15) is 18.1 Å². The number of carbonyl (C=O) groups excluding carboxylic acids is 2. The summed E-state index contributed by atoms with van der Waals surface area (Å²) in [4.78, 5) is 36.5. The normalized spacial score (nSPS) is 23.0. The van der Waals surface area contributed by atoms with Gasteiger partial charge >= 0.3 is 0 Å². The van der Waals surface area contributed by atoms with Crippen LogP contribution in [0.2, 0.25) is 0 Å². The van der Waals surface area contributed by atoms with Crippen molar-refractivity contribution in [2.45, 2.75) is 24.9 Å². The highest BCUT2D eigenvalue weighted by molar-refractivity contribution is 5.95. The van der Waals surface area contributed by atoms with E-state index in [9.17, 15) is 14.0 Å². The lowest BCUT2D eigenvalue weighted by Gasteiger charge is -2.42. The molecule has 0 bridgehead atoms. The first-order chi connectivity index (χ1) is 13.6. The highest BCUT2D eigenvalue weighted by Gasteiger charge is 2.42. The highest BCUT2D eigenvalue weighted by Crippen LogP contribution is 2.33. The molecule has 2 fully saturated rings. The number of likely N-dealkylation sites (tertiary alicyclic amines) is 1. The first kappa shape index (κ1) is 18.5. The standard InChI is InChI=1S/C20H21FN4O3/c21-15-2-4-16(5-3-15)25-14-20(28-13-18(25)26)6-1-10-24(11-7-20)19(27)17-12-22-8-9-23-17/h2-5,8-9,12H,1,6-7,10-11,13-14H2. The summed E-state index contributed by atoms with van der Waals surface area (Å²) >= 11 is 0.